The van der Waals surface area contributed by atoms with Crippen LogP contribution < -0.4 is 0 Å². The van der Waals surface area contributed by atoms with Crippen LogP contribution in [0.25, 0.3) is 6.08 Å². The number of benzene rings is 2. The first-order valence-corrected chi connectivity index (χ1v) is 13.0. The molecule has 0 aromatic heterocycles. The number of piperazine rings is 1. The Labute approximate surface area is 196 Å². The van der Waals surface area contributed by atoms with Crippen molar-refractivity contribution in [3.05, 3.63) is 77.4 Å². The molecule has 2 aromatic rings. The molecular weight excluding hydrogens is 438 g/mol. The molecule has 176 valence electrons. The molecule has 2 aromatic carbocycles. The standard InChI is InChI=1S/C25H31N3O4S/c29-25(27-15-13-26(14-16-27)12-4-7-22-5-2-1-3-6-22)24-10-8-23(9-11-24)21-33(30,31)28-17-19-32-20-18-28/h1-11H,12-21H2/b7-4+. The molecule has 2 aliphatic rings. The Balaban J connectivity index is 1.26. The monoisotopic (exact) mass is 469 g/mol. The fourth-order valence-corrected chi connectivity index (χ4v) is 5.59. The number of carbonyl (C=O) groups excluding carboxylic acids is 1. The van der Waals surface area contributed by atoms with Gasteiger partial charge in [-0.25, -0.2) is 8.42 Å². The second-order valence-corrected chi connectivity index (χ2v) is 10.3. The van der Waals surface area contributed by atoms with E-state index >= 15 is 0 Å². The number of ether oxygens (including phenoxy) is 1. The fourth-order valence-electron chi connectivity index (χ4n) is 4.09. The van der Waals surface area contributed by atoms with Crippen molar-refractivity contribution in [1.29, 1.82) is 0 Å². The lowest BCUT2D eigenvalue weighted by Gasteiger charge is -2.34. The van der Waals surface area contributed by atoms with Crippen molar-refractivity contribution in [2.45, 2.75) is 5.75 Å². The minimum Gasteiger partial charge on any atom is -0.379 e. The van der Waals surface area contributed by atoms with Crippen molar-refractivity contribution >= 4 is 22.0 Å². The molecule has 4 rings (SSSR count). The topological polar surface area (TPSA) is 70.2 Å². The molecule has 1 amide bonds. The minimum atomic E-state index is -3.37. The quantitative estimate of drug-likeness (QED) is 0.623. The maximum atomic E-state index is 12.9. The molecule has 0 spiro atoms. The summed E-state index contributed by atoms with van der Waals surface area (Å²) in [5.41, 5.74) is 2.47. The Morgan fingerprint density at radius 1 is 0.879 bits per heavy atom. The molecule has 8 heteroatoms. The molecule has 0 aliphatic carbocycles. The zero-order valence-corrected chi connectivity index (χ0v) is 19.6. The van der Waals surface area contributed by atoms with E-state index in [0.29, 0.717) is 50.5 Å². The number of carbonyl (C=O) groups is 1. The van der Waals surface area contributed by atoms with Gasteiger partial charge >= 0.3 is 0 Å². The van der Waals surface area contributed by atoms with Crippen molar-refractivity contribution in [1.82, 2.24) is 14.1 Å². The van der Waals surface area contributed by atoms with Gasteiger partial charge < -0.3 is 9.64 Å². The third-order valence-corrected chi connectivity index (χ3v) is 7.90. The summed E-state index contributed by atoms with van der Waals surface area (Å²) >= 11 is 0. The predicted molar refractivity (Wildman–Crippen MR) is 129 cm³/mol. The highest BCUT2D eigenvalue weighted by Crippen LogP contribution is 2.15. The van der Waals surface area contributed by atoms with Gasteiger partial charge in [0.15, 0.2) is 0 Å². The van der Waals surface area contributed by atoms with Gasteiger partial charge in [-0.05, 0) is 23.3 Å². The van der Waals surface area contributed by atoms with E-state index in [-0.39, 0.29) is 11.7 Å². The number of sulfonamides is 1. The van der Waals surface area contributed by atoms with Crippen molar-refractivity contribution in [3.63, 3.8) is 0 Å². The fraction of sp³-hybridized carbons (Fsp3) is 0.400. The van der Waals surface area contributed by atoms with Gasteiger partial charge in [-0.3, -0.25) is 9.69 Å². The minimum absolute atomic E-state index is 0.00272. The molecule has 0 atom stereocenters. The van der Waals surface area contributed by atoms with E-state index in [1.807, 2.05) is 23.1 Å². The summed E-state index contributed by atoms with van der Waals surface area (Å²) in [5.74, 6) is -0.0616. The summed E-state index contributed by atoms with van der Waals surface area (Å²) in [6.07, 6.45) is 4.29. The van der Waals surface area contributed by atoms with Gasteiger partial charge in [0, 0.05) is 51.4 Å². The molecule has 2 saturated heterocycles. The van der Waals surface area contributed by atoms with E-state index in [1.165, 1.54) is 9.87 Å². The molecule has 33 heavy (non-hydrogen) atoms. The van der Waals surface area contributed by atoms with E-state index in [1.54, 1.807) is 24.3 Å². The van der Waals surface area contributed by atoms with Crippen molar-refractivity contribution in [3.8, 4) is 0 Å². The Morgan fingerprint density at radius 2 is 1.55 bits per heavy atom. The number of morpholine rings is 1. The van der Waals surface area contributed by atoms with Gasteiger partial charge in [0.25, 0.3) is 5.91 Å². The maximum absolute atomic E-state index is 12.9. The van der Waals surface area contributed by atoms with Crippen LogP contribution in [-0.2, 0) is 20.5 Å². The summed E-state index contributed by atoms with van der Waals surface area (Å²) in [7, 11) is -3.37. The SMILES string of the molecule is O=C(c1ccc(CS(=O)(=O)N2CCOCC2)cc1)N1CCN(C/C=C/c2ccccc2)CC1. The summed E-state index contributed by atoms with van der Waals surface area (Å²) in [6, 6.07) is 17.2. The molecule has 0 N–H and O–H groups in total. The highest BCUT2D eigenvalue weighted by molar-refractivity contribution is 7.88. The van der Waals surface area contributed by atoms with Gasteiger partial charge in [0.1, 0.15) is 0 Å². The Hall–Kier alpha value is -2.52. The second-order valence-electron chi connectivity index (χ2n) is 8.37. The third kappa shape index (κ3) is 6.51. The van der Waals surface area contributed by atoms with Crippen LogP contribution >= 0.6 is 0 Å². The number of rotatable bonds is 7. The molecule has 2 fully saturated rings. The zero-order valence-electron chi connectivity index (χ0n) is 18.8. The molecular formula is C25H31N3O4S. The zero-order chi connectivity index (χ0) is 23.1. The molecule has 0 radical (unpaired) electrons. The summed E-state index contributed by atoms with van der Waals surface area (Å²) < 4.78 is 31.9. The molecule has 0 unspecified atom stereocenters. The lowest BCUT2D eigenvalue weighted by molar-refractivity contribution is 0.0650. The first-order valence-electron chi connectivity index (χ1n) is 11.4. The average molecular weight is 470 g/mol. The van der Waals surface area contributed by atoms with Gasteiger partial charge in [0.05, 0.1) is 19.0 Å². The second kappa shape index (κ2) is 11.1. The van der Waals surface area contributed by atoms with E-state index in [4.69, 9.17) is 4.74 Å². The van der Waals surface area contributed by atoms with Crippen LogP contribution in [0.2, 0.25) is 0 Å². The van der Waals surface area contributed by atoms with E-state index < -0.39 is 10.0 Å². The Morgan fingerprint density at radius 3 is 2.21 bits per heavy atom. The summed E-state index contributed by atoms with van der Waals surface area (Å²) in [4.78, 5) is 17.1. The van der Waals surface area contributed by atoms with Crippen LogP contribution in [0, 0.1) is 0 Å². The van der Waals surface area contributed by atoms with Crippen molar-refractivity contribution < 1.29 is 17.9 Å². The highest BCUT2D eigenvalue weighted by atomic mass is 32.2. The first kappa shape index (κ1) is 23.6. The third-order valence-electron chi connectivity index (χ3n) is 6.05. The smallest absolute Gasteiger partial charge is 0.253 e. The number of hydrogen-bond donors (Lipinski definition) is 0. The van der Waals surface area contributed by atoms with Crippen molar-refractivity contribution in [2.24, 2.45) is 0 Å². The number of nitrogens with zero attached hydrogens (tertiary/aromatic N) is 3. The molecule has 2 heterocycles. The lowest BCUT2D eigenvalue weighted by atomic mass is 10.1. The first-order chi connectivity index (χ1) is 16.0. The molecule has 0 bridgehead atoms. The summed E-state index contributed by atoms with van der Waals surface area (Å²) in [6.45, 7) is 5.56. The number of amides is 1. The van der Waals surface area contributed by atoms with E-state index in [9.17, 15) is 13.2 Å². The molecule has 2 aliphatic heterocycles. The Kier molecular flexibility index (Phi) is 7.93. The average Bonchev–Trinajstić information content (AvgIpc) is 2.85. The number of hydrogen-bond acceptors (Lipinski definition) is 5. The molecule has 0 saturated carbocycles. The van der Waals surface area contributed by atoms with E-state index in [2.05, 4.69) is 29.2 Å². The van der Waals surface area contributed by atoms with Gasteiger partial charge in [0.2, 0.25) is 10.0 Å². The van der Waals surface area contributed by atoms with Crippen LogP contribution in [0.3, 0.4) is 0 Å². The highest BCUT2D eigenvalue weighted by Gasteiger charge is 2.25. The van der Waals surface area contributed by atoms with Crippen LogP contribution in [0.4, 0.5) is 0 Å². The van der Waals surface area contributed by atoms with Crippen LogP contribution in [0.5, 0.6) is 0 Å². The Bertz CT molecular complexity index is 1040. The van der Waals surface area contributed by atoms with Gasteiger partial charge in [-0.15, -0.1) is 0 Å². The summed E-state index contributed by atoms with van der Waals surface area (Å²) in [5, 5.41) is 0. The van der Waals surface area contributed by atoms with Crippen molar-refractivity contribution in [2.75, 3.05) is 59.0 Å². The lowest BCUT2D eigenvalue weighted by Crippen LogP contribution is -2.48. The maximum Gasteiger partial charge on any atom is 0.253 e. The normalized spacial score (nSPS) is 18.6. The largest absolute Gasteiger partial charge is 0.379 e. The van der Waals surface area contributed by atoms with Crippen LogP contribution in [0.1, 0.15) is 21.5 Å². The predicted octanol–water partition coefficient (Wildman–Crippen LogP) is 2.32. The van der Waals surface area contributed by atoms with Gasteiger partial charge in [-0.2, -0.15) is 4.31 Å². The van der Waals surface area contributed by atoms with Gasteiger partial charge in [-0.1, -0.05) is 54.6 Å². The van der Waals surface area contributed by atoms with Crippen LogP contribution in [-0.4, -0.2) is 87.5 Å². The molecule has 7 nitrogen and oxygen atoms in total. The van der Waals surface area contributed by atoms with Crippen LogP contribution in [0.15, 0.2) is 60.7 Å². The van der Waals surface area contributed by atoms with E-state index in [0.717, 1.165) is 19.6 Å².